The molecule has 2 heterocycles. The molecule has 0 bridgehead atoms. The second-order valence-electron chi connectivity index (χ2n) is 4.68. The number of likely N-dealkylation sites (tertiary alicyclic amines) is 1. The van der Waals surface area contributed by atoms with Crippen molar-refractivity contribution in [2.75, 3.05) is 26.2 Å². The van der Waals surface area contributed by atoms with Gasteiger partial charge in [0.2, 0.25) is 0 Å². The standard InChI is InChI=1S/C14H19N3O/c1-2-17-7-5-12(6-8-17)11-18-14-4-3-13(9-15)16-10-14/h3-4,10,12H,2,5-8,11H2,1H3. The van der Waals surface area contributed by atoms with Gasteiger partial charge in [0, 0.05) is 0 Å². The number of aromatic nitrogens is 1. The number of hydrogen-bond acceptors (Lipinski definition) is 4. The van der Waals surface area contributed by atoms with Crippen LogP contribution in [0.2, 0.25) is 0 Å². The molecule has 0 atom stereocenters. The number of rotatable bonds is 4. The normalized spacial score (nSPS) is 17.3. The van der Waals surface area contributed by atoms with Crippen LogP contribution in [0.1, 0.15) is 25.5 Å². The van der Waals surface area contributed by atoms with Crippen molar-refractivity contribution in [2.45, 2.75) is 19.8 Å². The van der Waals surface area contributed by atoms with E-state index in [1.165, 1.54) is 25.9 Å². The van der Waals surface area contributed by atoms with E-state index in [1.54, 1.807) is 12.3 Å². The minimum atomic E-state index is 0.429. The minimum absolute atomic E-state index is 0.429. The molecule has 0 N–H and O–H groups in total. The fourth-order valence-electron chi connectivity index (χ4n) is 2.22. The number of nitrogens with zero attached hydrogens (tertiary/aromatic N) is 3. The quantitative estimate of drug-likeness (QED) is 0.814. The Morgan fingerprint density at radius 1 is 1.44 bits per heavy atom. The fraction of sp³-hybridized carbons (Fsp3) is 0.571. The lowest BCUT2D eigenvalue weighted by molar-refractivity contribution is 0.145. The van der Waals surface area contributed by atoms with Gasteiger partial charge in [0.05, 0.1) is 12.8 Å². The Morgan fingerprint density at radius 3 is 2.78 bits per heavy atom. The van der Waals surface area contributed by atoms with Crippen molar-refractivity contribution in [1.82, 2.24) is 9.88 Å². The summed E-state index contributed by atoms with van der Waals surface area (Å²) in [6, 6.07) is 5.50. The second-order valence-corrected chi connectivity index (χ2v) is 4.68. The van der Waals surface area contributed by atoms with Crippen LogP contribution in [0, 0.1) is 17.2 Å². The highest BCUT2D eigenvalue weighted by molar-refractivity contribution is 5.26. The Bertz CT molecular complexity index is 402. The van der Waals surface area contributed by atoms with Crippen LogP contribution in [0.3, 0.4) is 0 Å². The molecule has 1 aliphatic heterocycles. The van der Waals surface area contributed by atoms with Gasteiger partial charge in [-0.05, 0) is 50.5 Å². The fourth-order valence-corrected chi connectivity index (χ4v) is 2.22. The smallest absolute Gasteiger partial charge is 0.140 e. The summed E-state index contributed by atoms with van der Waals surface area (Å²) in [6.07, 6.45) is 4.04. The van der Waals surface area contributed by atoms with Crippen molar-refractivity contribution in [1.29, 1.82) is 5.26 Å². The maximum absolute atomic E-state index is 8.65. The molecule has 0 saturated carbocycles. The molecule has 1 aromatic heterocycles. The Hall–Kier alpha value is -1.60. The molecule has 0 unspecified atom stereocenters. The Kier molecular flexibility index (Phi) is 4.54. The summed E-state index contributed by atoms with van der Waals surface area (Å²) >= 11 is 0. The van der Waals surface area contributed by atoms with Gasteiger partial charge in [0.1, 0.15) is 17.5 Å². The third kappa shape index (κ3) is 3.44. The van der Waals surface area contributed by atoms with Gasteiger partial charge >= 0.3 is 0 Å². The summed E-state index contributed by atoms with van der Waals surface area (Å²) in [4.78, 5) is 6.46. The number of nitriles is 1. The van der Waals surface area contributed by atoms with Gasteiger partial charge in [-0.1, -0.05) is 6.92 Å². The lowest BCUT2D eigenvalue weighted by atomic mass is 9.98. The van der Waals surface area contributed by atoms with Gasteiger partial charge in [-0.15, -0.1) is 0 Å². The molecular weight excluding hydrogens is 226 g/mol. The van der Waals surface area contributed by atoms with Crippen LogP contribution in [0.4, 0.5) is 0 Å². The first-order valence-electron chi connectivity index (χ1n) is 6.53. The van der Waals surface area contributed by atoms with E-state index in [0.29, 0.717) is 11.6 Å². The average molecular weight is 245 g/mol. The van der Waals surface area contributed by atoms with Crippen LogP contribution in [-0.2, 0) is 0 Å². The maximum Gasteiger partial charge on any atom is 0.140 e. The third-order valence-electron chi connectivity index (χ3n) is 3.49. The molecule has 0 radical (unpaired) electrons. The van der Waals surface area contributed by atoms with Crippen molar-refractivity contribution in [3.63, 3.8) is 0 Å². The molecule has 2 rings (SSSR count). The predicted molar refractivity (Wildman–Crippen MR) is 69.3 cm³/mol. The third-order valence-corrected chi connectivity index (χ3v) is 3.49. The molecule has 18 heavy (non-hydrogen) atoms. The Balaban J connectivity index is 1.76. The molecule has 0 spiro atoms. The van der Waals surface area contributed by atoms with Gasteiger partial charge < -0.3 is 9.64 Å². The highest BCUT2D eigenvalue weighted by Gasteiger charge is 2.18. The van der Waals surface area contributed by atoms with E-state index >= 15 is 0 Å². The van der Waals surface area contributed by atoms with Gasteiger partial charge in [0.25, 0.3) is 0 Å². The van der Waals surface area contributed by atoms with Gasteiger partial charge in [-0.25, -0.2) is 4.98 Å². The van der Waals surface area contributed by atoms with E-state index < -0.39 is 0 Å². The number of ether oxygens (including phenoxy) is 1. The zero-order valence-electron chi connectivity index (χ0n) is 10.8. The molecule has 0 amide bonds. The largest absolute Gasteiger partial charge is 0.492 e. The first-order valence-corrected chi connectivity index (χ1v) is 6.53. The van der Waals surface area contributed by atoms with Crippen LogP contribution in [-0.4, -0.2) is 36.1 Å². The zero-order valence-corrected chi connectivity index (χ0v) is 10.8. The number of hydrogen-bond donors (Lipinski definition) is 0. The summed E-state index contributed by atoms with van der Waals surface area (Å²) < 4.78 is 5.72. The second kappa shape index (κ2) is 6.36. The molecule has 1 aliphatic rings. The number of pyridine rings is 1. The van der Waals surface area contributed by atoms with E-state index in [2.05, 4.69) is 16.8 Å². The summed E-state index contributed by atoms with van der Waals surface area (Å²) in [7, 11) is 0. The van der Waals surface area contributed by atoms with Crippen LogP contribution in [0.25, 0.3) is 0 Å². The van der Waals surface area contributed by atoms with E-state index in [4.69, 9.17) is 10.00 Å². The van der Waals surface area contributed by atoms with E-state index in [9.17, 15) is 0 Å². The highest BCUT2D eigenvalue weighted by Crippen LogP contribution is 2.18. The van der Waals surface area contributed by atoms with Crippen LogP contribution < -0.4 is 4.74 Å². The Morgan fingerprint density at radius 2 is 2.22 bits per heavy atom. The summed E-state index contributed by atoms with van der Waals surface area (Å²) in [6.45, 7) is 6.46. The van der Waals surface area contributed by atoms with Crippen LogP contribution >= 0.6 is 0 Å². The molecule has 4 nitrogen and oxygen atoms in total. The van der Waals surface area contributed by atoms with Gasteiger partial charge in [-0.2, -0.15) is 5.26 Å². The average Bonchev–Trinajstić information content (AvgIpc) is 2.46. The van der Waals surface area contributed by atoms with E-state index in [-0.39, 0.29) is 0 Å². The maximum atomic E-state index is 8.65. The monoisotopic (exact) mass is 245 g/mol. The minimum Gasteiger partial charge on any atom is -0.492 e. The van der Waals surface area contributed by atoms with Crippen molar-refractivity contribution in [3.05, 3.63) is 24.0 Å². The molecular formula is C14H19N3O. The van der Waals surface area contributed by atoms with Crippen molar-refractivity contribution in [3.8, 4) is 11.8 Å². The van der Waals surface area contributed by atoms with Crippen molar-refractivity contribution >= 4 is 0 Å². The van der Waals surface area contributed by atoms with Gasteiger partial charge in [-0.3, -0.25) is 0 Å². The molecule has 0 aliphatic carbocycles. The predicted octanol–water partition coefficient (Wildman–Crippen LogP) is 2.06. The molecule has 96 valence electrons. The first-order chi connectivity index (χ1) is 8.81. The lowest BCUT2D eigenvalue weighted by Gasteiger charge is -2.30. The summed E-state index contributed by atoms with van der Waals surface area (Å²) in [5.74, 6) is 1.40. The first kappa shape index (κ1) is 12.8. The van der Waals surface area contributed by atoms with Gasteiger partial charge in [0.15, 0.2) is 0 Å². The van der Waals surface area contributed by atoms with E-state index in [1.807, 2.05) is 12.1 Å². The molecule has 0 aromatic carbocycles. The molecule has 1 saturated heterocycles. The summed E-state index contributed by atoms with van der Waals surface area (Å²) in [5.41, 5.74) is 0.429. The van der Waals surface area contributed by atoms with Crippen molar-refractivity contribution in [2.24, 2.45) is 5.92 Å². The lowest BCUT2D eigenvalue weighted by Crippen LogP contribution is -2.35. The Labute approximate surface area is 108 Å². The highest BCUT2D eigenvalue weighted by atomic mass is 16.5. The van der Waals surface area contributed by atoms with Crippen molar-refractivity contribution < 1.29 is 4.74 Å². The zero-order chi connectivity index (χ0) is 12.8. The molecule has 1 fully saturated rings. The van der Waals surface area contributed by atoms with E-state index in [0.717, 1.165) is 18.9 Å². The summed E-state index contributed by atoms with van der Waals surface area (Å²) in [5, 5.41) is 8.65. The molecule has 4 heteroatoms. The van der Waals surface area contributed by atoms with Crippen LogP contribution in [0.15, 0.2) is 18.3 Å². The molecule has 1 aromatic rings. The topological polar surface area (TPSA) is 49.1 Å². The number of piperidine rings is 1. The van der Waals surface area contributed by atoms with Crippen LogP contribution in [0.5, 0.6) is 5.75 Å². The SMILES string of the molecule is CCN1CCC(COc2ccc(C#N)nc2)CC1.